The molecule has 0 atom stereocenters. The van der Waals surface area contributed by atoms with Crippen molar-refractivity contribution in [3.05, 3.63) is 29.8 Å². The summed E-state index contributed by atoms with van der Waals surface area (Å²) in [6, 6.07) is 8.12. The van der Waals surface area contributed by atoms with E-state index in [1.165, 1.54) is 5.56 Å². The van der Waals surface area contributed by atoms with Gasteiger partial charge in [0, 0.05) is 20.3 Å². The first-order chi connectivity index (χ1) is 8.38. The molecule has 1 rings (SSSR count). The smallest absolute Gasteiger partial charge is 0.122 e. The van der Waals surface area contributed by atoms with Gasteiger partial charge in [-0.2, -0.15) is 0 Å². The van der Waals surface area contributed by atoms with Gasteiger partial charge in [-0.1, -0.05) is 25.1 Å². The molecule has 1 aromatic carbocycles. The van der Waals surface area contributed by atoms with Crippen LogP contribution in [-0.2, 0) is 15.9 Å². The fourth-order valence-electron chi connectivity index (χ4n) is 1.55. The molecule has 0 unspecified atom stereocenters. The summed E-state index contributed by atoms with van der Waals surface area (Å²) in [5.74, 6) is 0.968. The lowest BCUT2D eigenvalue weighted by Crippen LogP contribution is -2.09. The summed E-state index contributed by atoms with van der Waals surface area (Å²) in [6.45, 7) is 4.83. The number of para-hydroxylation sites is 1. The van der Waals surface area contributed by atoms with Crippen molar-refractivity contribution in [2.45, 2.75) is 19.8 Å². The first-order valence-electron chi connectivity index (χ1n) is 6.16. The van der Waals surface area contributed by atoms with Gasteiger partial charge in [-0.05, 0) is 24.5 Å². The van der Waals surface area contributed by atoms with Crippen LogP contribution < -0.4 is 4.74 Å². The zero-order valence-electron chi connectivity index (χ0n) is 10.8. The van der Waals surface area contributed by atoms with E-state index in [9.17, 15) is 0 Å². The summed E-state index contributed by atoms with van der Waals surface area (Å²) in [4.78, 5) is 0. The third-order valence-corrected chi connectivity index (χ3v) is 2.48. The van der Waals surface area contributed by atoms with E-state index in [0.29, 0.717) is 13.2 Å². The van der Waals surface area contributed by atoms with Crippen LogP contribution in [0.2, 0.25) is 0 Å². The third kappa shape index (κ3) is 5.71. The van der Waals surface area contributed by atoms with Crippen molar-refractivity contribution < 1.29 is 14.2 Å². The Morgan fingerprint density at radius 2 is 1.82 bits per heavy atom. The maximum atomic E-state index is 5.68. The standard InChI is InChI=1S/C14H22O3/c1-3-13-7-4-5-8-14(13)17-12-11-16-10-6-9-15-2/h4-5,7-8H,3,6,9-12H2,1-2H3. The van der Waals surface area contributed by atoms with Gasteiger partial charge in [-0.15, -0.1) is 0 Å². The van der Waals surface area contributed by atoms with Crippen LogP contribution in [0.4, 0.5) is 0 Å². The Hall–Kier alpha value is -1.06. The van der Waals surface area contributed by atoms with Gasteiger partial charge >= 0.3 is 0 Å². The monoisotopic (exact) mass is 238 g/mol. The molecule has 3 nitrogen and oxygen atoms in total. The van der Waals surface area contributed by atoms with Crippen molar-refractivity contribution in [1.82, 2.24) is 0 Å². The van der Waals surface area contributed by atoms with Gasteiger partial charge in [0.15, 0.2) is 0 Å². The molecule has 96 valence electrons. The number of aryl methyl sites for hydroxylation is 1. The van der Waals surface area contributed by atoms with E-state index in [1.54, 1.807) is 7.11 Å². The van der Waals surface area contributed by atoms with E-state index in [-0.39, 0.29) is 0 Å². The summed E-state index contributed by atoms with van der Waals surface area (Å²) in [6.07, 6.45) is 1.92. The number of rotatable bonds is 9. The maximum absolute atomic E-state index is 5.68. The normalized spacial score (nSPS) is 10.5. The van der Waals surface area contributed by atoms with Gasteiger partial charge in [-0.25, -0.2) is 0 Å². The van der Waals surface area contributed by atoms with E-state index in [1.807, 2.05) is 18.2 Å². The topological polar surface area (TPSA) is 27.7 Å². The molecule has 0 fully saturated rings. The zero-order valence-corrected chi connectivity index (χ0v) is 10.8. The summed E-state index contributed by atoms with van der Waals surface area (Å²) < 4.78 is 16.0. The fourth-order valence-corrected chi connectivity index (χ4v) is 1.55. The second kappa shape index (κ2) is 9.02. The Morgan fingerprint density at radius 3 is 2.59 bits per heavy atom. The van der Waals surface area contributed by atoms with Crippen molar-refractivity contribution >= 4 is 0 Å². The van der Waals surface area contributed by atoms with Crippen LogP contribution in [0.1, 0.15) is 18.9 Å². The van der Waals surface area contributed by atoms with E-state index in [4.69, 9.17) is 14.2 Å². The van der Waals surface area contributed by atoms with E-state index in [0.717, 1.165) is 31.8 Å². The molecule has 0 aromatic heterocycles. The molecule has 0 heterocycles. The third-order valence-electron chi connectivity index (χ3n) is 2.48. The Labute approximate surface area is 104 Å². The zero-order chi connectivity index (χ0) is 12.3. The number of hydrogen-bond donors (Lipinski definition) is 0. The SMILES string of the molecule is CCc1ccccc1OCCOCCCOC. The van der Waals surface area contributed by atoms with Crippen LogP contribution in [0.3, 0.4) is 0 Å². The molecule has 0 amide bonds. The second-order valence-corrected chi connectivity index (χ2v) is 3.77. The molecule has 1 aromatic rings. The van der Waals surface area contributed by atoms with E-state index >= 15 is 0 Å². The molecule has 0 bridgehead atoms. The van der Waals surface area contributed by atoms with Crippen LogP contribution in [0.5, 0.6) is 5.75 Å². The molecule has 0 aliphatic heterocycles. The Kier molecular flexibility index (Phi) is 7.43. The molecular weight excluding hydrogens is 216 g/mol. The van der Waals surface area contributed by atoms with Gasteiger partial charge in [-0.3, -0.25) is 0 Å². The highest BCUT2D eigenvalue weighted by molar-refractivity contribution is 5.33. The number of methoxy groups -OCH3 is 1. The quantitative estimate of drug-likeness (QED) is 0.619. The molecule has 0 N–H and O–H groups in total. The Balaban J connectivity index is 2.13. The molecule has 0 aliphatic carbocycles. The second-order valence-electron chi connectivity index (χ2n) is 3.77. The highest BCUT2D eigenvalue weighted by Gasteiger charge is 1.99. The molecule has 17 heavy (non-hydrogen) atoms. The lowest BCUT2D eigenvalue weighted by Gasteiger charge is -2.10. The number of benzene rings is 1. The molecule has 0 saturated heterocycles. The minimum absolute atomic E-state index is 0.601. The molecule has 3 heteroatoms. The Morgan fingerprint density at radius 1 is 1.00 bits per heavy atom. The van der Waals surface area contributed by atoms with Crippen LogP contribution in [0.15, 0.2) is 24.3 Å². The highest BCUT2D eigenvalue weighted by atomic mass is 16.5. The average Bonchev–Trinajstić information content (AvgIpc) is 2.38. The predicted octanol–water partition coefficient (Wildman–Crippen LogP) is 2.68. The van der Waals surface area contributed by atoms with Gasteiger partial charge in [0.2, 0.25) is 0 Å². The Bertz CT molecular complexity index is 299. The van der Waals surface area contributed by atoms with Crippen molar-refractivity contribution in [3.63, 3.8) is 0 Å². The summed E-state index contributed by atoms with van der Waals surface area (Å²) in [5.41, 5.74) is 1.24. The summed E-state index contributed by atoms with van der Waals surface area (Å²) in [7, 11) is 1.70. The summed E-state index contributed by atoms with van der Waals surface area (Å²) in [5, 5.41) is 0. The largest absolute Gasteiger partial charge is 0.491 e. The molecular formula is C14H22O3. The highest BCUT2D eigenvalue weighted by Crippen LogP contribution is 2.17. The minimum atomic E-state index is 0.601. The first kappa shape index (κ1) is 14.0. The molecule has 0 saturated carbocycles. The number of hydrogen-bond acceptors (Lipinski definition) is 3. The number of ether oxygens (including phenoxy) is 3. The van der Waals surface area contributed by atoms with Gasteiger partial charge in [0.05, 0.1) is 6.61 Å². The van der Waals surface area contributed by atoms with E-state index in [2.05, 4.69) is 13.0 Å². The van der Waals surface area contributed by atoms with E-state index < -0.39 is 0 Å². The van der Waals surface area contributed by atoms with Gasteiger partial charge in [0.25, 0.3) is 0 Å². The van der Waals surface area contributed by atoms with Gasteiger partial charge < -0.3 is 14.2 Å². The first-order valence-corrected chi connectivity index (χ1v) is 6.16. The molecule has 0 spiro atoms. The van der Waals surface area contributed by atoms with Crippen LogP contribution in [0, 0.1) is 0 Å². The van der Waals surface area contributed by atoms with Crippen LogP contribution in [-0.4, -0.2) is 33.5 Å². The summed E-state index contributed by atoms with van der Waals surface area (Å²) >= 11 is 0. The predicted molar refractivity (Wildman–Crippen MR) is 68.6 cm³/mol. The van der Waals surface area contributed by atoms with Gasteiger partial charge in [0.1, 0.15) is 12.4 Å². The minimum Gasteiger partial charge on any atom is -0.491 e. The van der Waals surface area contributed by atoms with Crippen molar-refractivity contribution in [3.8, 4) is 5.75 Å². The lowest BCUT2D eigenvalue weighted by molar-refractivity contribution is 0.0804. The van der Waals surface area contributed by atoms with Crippen molar-refractivity contribution in [2.75, 3.05) is 33.5 Å². The lowest BCUT2D eigenvalue weighted by atomic mass is 10.1. The molecule has 0 radical (unpaired) electrons. The van der Waals surface area contributed by atoms with Crippen LogP contribution >= 0.6 is 0 Å². The van der Waals surface area contributed by atoms with Crippen LogP contribution in [0.25, 0.3) is 0 Å². The van der Waals surface area contributed by atoms with Crippen molar-refractivity contribution in [2.24, 2.45) is 0 Å². The average molecular weight is 238 g/mol. The fraction of sp³-hybridized carbons (Fsp3) is 0.571. The molecule has 0 aliphatic rings. The maximum Gasteiger partial charge on any atom is 0.122 e. The van der Waals surface area contributed by atoms with Crippen molar-refractivity contribution in [1.29, 1.82) is 0 Å².